The second-order valence-corrected chi connectivity index (χ2v) is 8.67. The molecule has 1 aliphatic carbocycles. The minimum Gasteiger partial charge on any atom is -0.294 e. The first kappa shape index (κ1) is 22.1. The van der Waals surface area contributed by atoms with E-state index in [0.717, 1.165) is 36.9 Å². The molecule has 1 heterocycles. The monoisotopic (exact) mass is 407 g/mol. The first-order valence-corrected chi connectivity index (χ1v) is 11.2. The van der Waals surface area contributed by atoms with Crippen molar-refractivity contribution in [3.8, 4) is 0 Å². The molecule has 0 radical (unpaired) electrons. The van der Waals surface area contributed by atoms with Gasteiger partial charge in [0, 0.05) is 18.5 Å². The average molecular weight is 408 g/mol. The number of ketones is 1. The zero-order chi connectivity index (χ0) is 21.7. The minimum atomic E-state index is -0.0263. The smallest absolute Gasteiger partial charge is 0.229 e. The van der Waals surface area contributed by atoms with Gasteiger partial charge in [0.1, 0.15) is 0 Å². The molecule has 0 bridgehead atoms. The number of hydrogen-bond acceptors (Lipinski definition) is 4. The van der Waals surface area contributed by atoms with Crippen LogP contribution in [0.1, 0.15) is 98.8 Å². The van der Waals surface area contributed by atoms with Gasteiger partial charge in [-0.15, -0.1) is 0 Å². The highest BCUT2D eigenvalue weighted by Gasteiger charge is 2.28. The molecule has 0 spiro atoms. The molecule has 30 heavy (non-hydrogen) atoms. The van der Waals surface area contributed by atoms with Crippen LogP contribution < -0.4 is 5.32 Å². The highest BCUT2D eigenvalue weighted by Crippen LogP contribution is 2.32. The van der Waals surface area contributed by atoms with Gasteiger partial charge in [-0.3, -0.25) is 14.9 Å². The number of carbonyl (C=O) groups excluding carboxylic acids is 2. The molecule has 0 saturated heterocycles. The summed E-state index contributed by atoms with van der Waals surface area (Å²) in [5.74, 6) is 0.921. The Morgan fingerprint density at radius 1 is 1.10 bits per heavy atom. The maximum atomic E-state index is 12.7. The van der Waals surface area contributed by atoms with Gasteiger partial charge in [0.2, 0.25) is 11.9 Å². The maximum absolute atomic E-state index is 12.7. The summed E-state index contributed by atoms with van der Waals surface area (Å²) in [6.07, 6.45) is 6.38. The van der Waals surface area contributed by atoms with E-state index < -0.39 is 0 Å². The normalized spacial score (nSPS) is 16.1. The van der Waals surface area contributed by atoms with E-state index in [1.165, 1.54) is 5.56 Å². The van der Waals surface area contributed by atoms with Gasteiger partial charge in [0.25, 0.3) is 0 Å². The molecule has 0 fully saturated rings. The minimum absolute atomic E-state index is 0.0199. The Morgan fingerprint density at radius 2 is 1.77 bits per heavy atom. The number of rotatable bonds is 8. The number of hydrogen-bond donors (Lipinski definition) is 1. The van der Waals surface area contributed by atoms with Crippen LogP contribution in [0.4, 0.5) is 5.95 Å². The molecule has 1 N–H and O–H groups in total. The number of anilines is 1. The summed E-state index contributed by atoms with van der Waals surface area (Å²) in [6.45, 7) is 8.52. The van der Waals surface area contributed by atoms with E-state index in [1.807, 2.05) is 0 Å². The highest BCUT2D eigenvalue weighted by atomic mass is 16.2. The molecule has 1 aromatic carbocycles. The van der Waals surface area contributed by atoms with Gasteiger partial charge in [0.05, 0.1) is 11.3 Å². The summed E-state index contributed by atoms with van der Waals surface area (Å²) in [6, 6.07) is 8.55. The molecule has 2 aromatic rings. The van der Waals surface area contributed by atoms with E-state index in [9.17, 15) is 9.59 Å². The van der Waals surface area contributed by atoms with Gasteiger partial charge >= 0.3 is 0 Å². The summed E-state index contributed by atoms with van der Waals surface area (Å²) in [4.78, 5) is 34.1. The number of amides is 1. The van der Waals surface area contributed by atoms with Crippen molar-refractivity contribution < 1.29 is 9.59 Å². The molecule has 160 valence electrons. The highest BCUT2D eigenvalue weighted by molar-refractivity contribution is 5.99. The van der Waals surface area contributed by atoms with Crippen LogP contribution in [-0.2, 0) is 11.2 Å². The van der Waals surface area contributed by atoms with Gasteiger partial charge in [-0.25, -0.2) is 9.97 Å². The summed E-state index contributed by atoms with van der Waals surface area (Å²) in [7, 11) is 0. The molecular formula is C25H33N3O2. The molecule has 1 aromatic heterocycles. The molecule has 1 unspecified atom stereocenters. The molecule has 1 atom stereocenters. The van der Waals surface area contributed by atoms with E-state index in [0.29, 0.717) is 30.3 Å². The van der Waals surface area contributed by atoms with Crippen molar-refractivity contribution in [1.82, 2.24) is 9.97 Å². The molecular weight excluding hydrogens is 374 g/mol. The average Bonchev–Trinajstić information content (AvgIpc) is 2.73. The van der Waals surface area contributed by atoms with E-state index in [1.54, 1.807) is 6.20 Å². The van der Waals surface area contributed by atoms with Gasteiger partial charge < -0.3 is 0 Å². The Balaban J connectivity index is 1.77. The van der Waals surface area contributed by atoms with E-state index >= 15 is 0 Å². The second kappa shape index (κ2) is 9.96. The molecule has 5 heteroatoms. The molecule has 0 saturated carbocycles. The summed E-state index contributed by atoms with van der Waals surface area (Å²) in [5.41, 5.74) is 3.77. The van der Waals surface area contributed by atoms with Crippen LogP contribution in [0.25, 0.3) is 0 Å². The number of benzene rings is 1. The van der Waals surface area contributed by atoms with E-state index in [2.05, 4.69) is 67.2 Å². The second-order valence-electron chi connectivity index (χ2n) is 8.67. The SMILES string of the molecule is CCCC(CCC)C(=O)Nc1ncc2c(n1)CC(c1ccc(C(C)C)cc1)CC2=O. The van der Waals surface area contributed by atoms with Crippen molar-refractivity contribution in [3.05, 3.63) is 52.8 Å². The predicted octanol–water partition coefficient (Wildman–Crippen LogP) is 5.67. The number of carbonyl (C=O) groups is 2. The fourth-order valence-electron chi connectivity index (χ4n) is 4.21. The lowest BCUT2D eigenvalue weighted by Gasteiger charge is -2.24. The summed E-state index contributed by atoms with van der Waals surface area (Å²) in [5, 5.41) is 2.88. The standard InChI is InChI=1S/C25H33N3O2/c1-5-7-19(8-6-2)24(30)28-25-26-15-21-22(27-25)13-20(14-23(21)29)18-11-9-17(10-12-18)16(3)4/h9-12,15-16,19-20H,5-8,13-14H2,1-4H3,(H,26,27,28,30). The lowest BCUT2D eigenvalue weighted by molar-refractivity contribution is -0.120. The Bertz CT molecular complexity index is 884. The van der Waals surface area contributed by atoms with Crippen molar-refractivity contribution in [2.75, 3.05) is 5.32 Å². The number of Topliss-reactive ketones (excluding diaryl/α,β-unsaturated/α-hetero) is 1. The molecule has 5 nitrogen and oxygen atoms in total. The number of fused-ring (bicyclic) bond motifs is 1. The van der Waals surface area contributed by atoms with Gasteiger partial charge in [-0.1, -0.05) is 64.8 Å². The van der Waals surface area contributed by atoms with Gasteiger partial charge in [0.15, 0.2) is 5.78 Å². The van der Waals surface area contributed by atoms with Crippen molar-refractivity contribution in [3.63, 3.8) is 0 Å². The number of nitrogens with one attached hydrogen (secondary N) is 1. The fourth-order valence-corrected chi connectivity index (χ4v) is 4.21. The first-order chi connectivity index (χ1) is 14.4. The summed E-state index contributed by atoms with van der Waals surface area (Å²) < 4.78 is 0. The fraction of sp³-hybridized carbons (Fsp3) is 0.520. The Hall–Kier alpha value is -2.56. The van der Waals surface area contributed by atoms with Gasteiger partial charge in [-0.05, 0) is 42.2 Å². The topological polar surface area (TPSA) is 72.0 Å². The third kappa shape index (κ3) is 5.13. The third-order valence-corrected chi connectivity index (χ3v) is 5.99. The van der Waals surface area contributed by atoms with Crippen LogP contribution in [0.2, 0.25) is 0 Å². The quantitative estimate of drug-likeness (QED) is 0.612. The van der Waals surface area contributed by atoms with E-state index in [4.69, 9.17) is 0 Å². The van der Waals surface area contributed by atoms with Crippen molar-refractivity contribution in [1.29, 1.82) is 0 Å². The summed E-state index contributed by atoms with van der Waals surface area (Å²) >= 11 is 0. The van der Waals surface area contributed by atoms with Crippen molar-refractivity contribution in [2.24, 2.45) is 5.92 Å². The molecule has 1 aliphatic rings. The maximum Gasteiger partial charge on any atom is 0.229 e. The first-order valence-electron chi connectivity index (χ1n) is 11.2. The predicted molar refractivity (Wildman–Crippen MR) is 120 cm³/mol. The zero-order valence-corrected chi connectivity index (χ0v) is 18.6. The van der Waals surface area contributed by atoms with Crippen molar-refractivity contribution >= 4 is 17.6 Å². The van der Waals surface area contributed by atoms with Crippen LogP contribution in [0.15, 0.2) is 30.5 Å². The lowest BCUT2D eigenvalue weighted by atomic mass is 9.81. The van der Waals surface area contributed by atoms with Crippen LogP contribution in [-0.4, -0.2) is 21.7 Å². The Labute approximate surface area is 179 Å². The molecule has 1 amide bonds. The number of nitrogens with zero attached hydrogens (tertiary/aromatic N) is 2. The lowest BCUT2D eigenvalue weighted by Crippen LogP contribution is -2.26. The van der Waals surface area contributed by atoms with Crippen LogP contribution in [0.5, 0.6) is 0 Å². The molecule has 3 rings (SSSR count). The third-order valence-electron chi connectivity index (χ3n) is 5.99. The van der Waals surface area contributed by atoms with Crippen LogP contribution >= 0.6 is 0 Å². The Morgan fingerprint density at radius 3 is 2.37 bits per heavy atom. The van der Waals surface area contributed by atoms with Crippen LogP contribution in [0.3, 0.4) is 0 Å². The largest absolute Gasteiger partial charge is 0.294 e. The number of aromatic nitrogens is 2. The van der Waals surface area contributed by atoms with Crippen LogP contribution in [0, 0.1) is 5.92 Å². The zero-order valence-electron chi connectivity index (χ0n) is 18.6. The van der Waals surface area contributed by atoms with E-state index in [-0.39, 0.29) is 23.5 Å². The Kier molecular flexibility index (Phi) is 7.35. The van der Waals surface area contributed by atoms with Gasteiger partial charge in [-0.2, -0.15) is 0 Å². The molecule has 0 aliphatic heterocycles. The van der Waals surface area contributed by atoms with Crippen molar-refractivity contribution in [2.45, 2.75) is 78.1 Å².